The Bertz CT molecular complexity index is 915. The van der Waals surface area contributed by atoms with Gasteiger partial charge in [0.05, 0.1) is 11.3 Å². The molecule has 1 heterocycles. The molecule has 1 aliphatic heterocycles. The molecular weight excluding hydrogens is 388 g/mol. The van der Waals surface area contributed by atoms with E-state index in [-0.39, 0.29) is 17.7 Å². The highest BCUT2D eigenvalue weighted by Gasteiger charge is 2.23. The summed E-state index contributed by atoms with van der Waals surface area (Å²) in [6.45, 7) is 9.49. The quantitative estimate of drug-likeness (QED) is 0.665. The minimum Gasteiger partial charge on any atom is -0.481 e. The number of nitrogens with zero attached hydrogens (tertiary/aromatic N) is 1. The number of anilines is 1. The largest absolute Gasteiger partial charge is 0.481 e. The van der Waals surface area contributed by atoms with E-state index < -0.39 is 6.10 Å². The van der Waals surface area contributed by atoms with Crippen molar-refractivity contribution < 1.29 is 14.3 Å². The Morgan fingerprint density at radius 3 is 2.32 bits per heavy atom. The minimum absolute atomic E-state index is 0.0212. The Hall–Kier alpha value is -2.82. The average Bonchev–Trinajstić information content (AvgIpc) is 3.03. The van der Waals surface area contributed by atoms with Crippen LogP contribution in [0.1, 0.15) is 73.9 Å². The van der Waals surface area contributed by atoms with Crippen molar-refractivity contribution in [1.82, 2.24) is 4.90 Å². The van der Waals surface area contributed by atoms with Crippen molar-refractivity contribution in [2.75, 3.05) is 18.4 Å². The number of para-hydroxylation sites is 1. The highest BCUT2D eigenvalue weighted by Crippen LogP contribution is 2.28. The molecule has 0 spiro atoms. The van der Waals surface area contributed by atoms with Crippen LogP contribution in [-0.4, -0.2) is 35.9 Å². The maximum Gasteiger partial charge on any atom is 0.265 e. The third-order valence-electron chi connectivity index (χ3n) is 5.77. The lowest BCUT2D eigenvalue weighted by Crippen LogP contribution is -2.34. The summed E-state index contributed by atoms with van der Waals surface area (Å²) in [5.74, 6) is 0.726. The molecular formula is C26H34N2O3. The second-order valence-electron chi connectivity index (χ2n) is 8.70. The molecule has 5 heteroatoms. The van der Waals surface area contributed by atoms with Gasteiger partial charge in [0.1, 0.15) is 5.75 Å². The number of ether oxygens (including phenoxy) is 1. The van der Waals surface area contributed by atoms with Crippen LogP contribution in [0.2, 0.25) is 0 Å². The molecule has 1 atom stereocenters. The third kappa shape index (κ3) is 5.87. The van der Waals surface area contributed by atoms with Crippen molar-refractivity contribution in [2.45, 2.75) is 65.4 Å². The van der Waals surface area contributed by atoms with E-state index in [1.165, 1.54) is 0 Å². The van der Waals surface area contributed by atoms with E-state index in [9.17, 15) is 9.59 Å². The van der Waals surface area contributed by atoms with Gasteiger partial charge in [0.15, 0.2) is 6.10 Å². The summed E-state index contributed by atoms with van der Waals surface area (Å²) in [7, 11) is 0. The van der Waals surface area contributed by atoms with Crippen LogP contribution in [0, 0.1) is 6.92 Å². The van der Waals surface area contributed by atoms with E-state index in [0.717, 1.165) is 55.6 Å². The fourth-order valence-corrected chi connectivity index (χ4v) is 3.92. The van der Waals surface area contributed by atoms with Crippen LogP contribution >= 0.6 is 0 Å². The normalized spacial score (nSPS) is 15.3. The minimum atomic E-state index is -0.694. The zero-order chi connectivity index (χ0) is 22.4. The number of carbonyl (C=O) groups is 2. The summed E-state index contributed by atoms with van der Waals surface area (Å²) in [5.41, 5.74) is 3.22. The summed E-state index contributed by atoms with van der Waals surface area (Å²) in [6.07, 6.45) is 3.68. The Labute approximate surface area is 185 Å². The second kappa shape index (κ2) is 10.5. The van der Waals surface area contributed by atoms with E-state index in [0.29, 0.717) is 11.3 Å². The maximum atomic E-state index is 13.1. The monoisotopic (exact) mass is 422 g/mol. The van der Waals surface area contributed by atoms with Crippen LogP contribution < -0.4 is 10.1 Å². The van der Waals surface area contributed by atoms with E-state index >= 15 is 0 Å². The summed E-state index contributed by atoms with van der Waals surface area (Å²) in [6, 6.07) is 13.3. The summed E-state index contributed by atoms with van der Waals surface area (Å²) in [5, 5.41) is 2.92. The topological polar surface area (TPSA) is 58.6 Å². The number of likely N-dealkylation sites (tertiary alicyclic amines) is 1. The van der Waals surface area contributed by atoms with Gasteiger partial charge in [-0.2, -0.15) is 0 Å². The van der Waals surface area contributed by atoms with Gasteiger partial charge < -0.3 is 15.0 Å². The lowest BCUT2D eigenvalue weighted by Gasteiger charge is -2.23. The van der Waals surface area contributed by atoms with E-state index in [4.69, 9.17) is 4.74 Å². The Balaban J connectivity index is 1.74. The fraction of sp³-hybridized carbons (Fsp3) is 0.462. The molecule has 1 aliphatic rings. The van der Waals surface area contributed by atoms with Crippen LogP contribution in [-0.2, 0) is 4.79 Å². The van der Waals surface area contributed by atoms with Gasteiger partial charge in [-0.3, -0.25) is 9.59 Å². The molecule has 0 aromatic heterocycles. The first-order chi connectivity index (χ1) is 14.9. The number of amides is 2. The predicted molar refractivity (Wildman–Crippen MR) is 125 cm³/mol. The first-order valence-electron chi connectivity index (χ1n) is 11.3. The first-order valence-corrected chi connectivity index (χ1v) is 11.3. The van der Waals surface area contributed by atoms with Gasteiger partial charge in [-0.25, -0.2) is 0 Å². The van der Waals surface area contributed by atoms with Crippen molar-refractivity contribution in [3.63, 3.8) is 0 Å². The molecule has 2 aromatic carbocycles. The van der Waals surface area contributed by atoms with Crippen LogP contribution in [0.5, 0.6) is 5.75 Å². The number of benzene rings is 2. The van der Waals surface area contributed by atoms with Crippen LogP contribution in [0.25, 0.3) is 0 Å². The maximum absolute atomic E-state index is 13.1. The fourth-order valence-electron chi connectivity index (χ4n) is 3.92. The number of nitrogens with one attached hydrogen (secondary N) is 1. The van der Waals surface area contributed by atoms with E-state index in [1.54, 1.807) is 19.1 Å². The molecule has 0 saturated carbocycles. The second-order valence-corrected chi connectivity index (χ2v) is 8.70. The van der Waals surface area contributed by atoms with Gasteiger partial charge in [-0.15, -0.1) is 0 Å². The number of aryl methyl sites for hydroxylation is 1. The first kappa shape index (κ1) is 22.9. The van der Waals surface area contributed by atoms with Gasteiger partial charge in [0.2, 0.25) is 0 Å². The predicted octanol–water partition coefficient (Wildman–Crippen LogP) is 5.54. The van der Waals surface area contributed by atoms with Crippen LogP contribution in [0.3, 0.4) is 0 Å². The summed E-state index contributed by atoms with van der Waals surface area (Å²) in [4.78, 5) is 27.9. The molecule has 2 amide bonds. The van der Waals surface area contributed by atoms with Gasteiger partial charge in [0, 0.05) is 13.1 Å². The number of hydrogen-bond donors (Lipinski definition) is 1. The number of carbonyl (C=O) groups excluding carboxylic acids is 2. The lowest BCUT2D eigenvalue weighted by atomic mass is 10.0. The lowest BCUT2D eigenvalue weighted by molar-refractivity contribution is -0.122. The van der Waals surface area contributed by atoms with Crippen molar-refractivity contribution in [3.05, 3.63) is 59.2 Å². The number of hydrogen-bond acceptors (Lipinski definition) is 3. The molecule has 1 unspecified atom stereocenters. The highest BCUT2D eigenvalue weighted by atomic mass is 16.5. The van der Waals surface area contributed by atoms with Gasteiger partial charge in [0.25, 0.3) is 11.8 Å². The SMILES string of the molecule is Cc1ccc(C(C)C)c(OC(C)C(=O)Nc2ccccc2C(=O)N2CCCCCC2)c1. The van der Waals surface area contributed by atoms with Gasteiger partial charge in [-0.05, 0) is 61.9 Å². The van der Waals surface area contributed by atoms with Crippen LogP contribution in [0.15, 0.2) is 42.5 Å². The highest BCUT2D eigenvalue weighted by molar-refractivity contribution is 6.04. The third-order valence-corrected chi connectivity index (χ3v) is 5.77. The molecule has 0 bridgehead atoms. The number of rotatable bonds is 6. The zero-order valence-corrected chi connectivity index (χ0v) is 19.1. The van der Waals surface area contributed by atoms with Crippen molar-refractivity contribution >= 4 is 17.5 Å². The Kier molecular flexibility index (Phi) is 7.72. The molecule has 1 saturated heterocycles. The molecule has 1 fully saturated rings. The van der Waals surface area contributed by atoms with Gasteiger partial charge >= 0.3 is 0 Å². The summed E-state index contributed by atoms with van der Waals surface area (Å²) < 4.78 is 6.05. The molecule has 2 aromatic rings. The summed E-state index contributed by atoms with van der Waals surface area (Å²) >= 11 is 0. The Morgan fingerprint density at radius 2 is 1.65 bits per heavy atom. The molecule has 1 N–H and O–H groups in total. The van der Waals surface area contributed by atoms with E-state index in [1.807, 2.05) is 30.0 Å². The molecule has 166 valence electrons. The van der Waals surface area contributed by atoms with Crippen molar-refractivity contribution in [2.24, 2.45) is 0 Å². The molecule has 31 heavy (non-hydrogen) atoms. The molecule has 3 rings (SSSR count). The van der Waals surface area contributed by atoms with Crippen LogP contribution in [0.4, 0.5) is 5.69 Å². The van der Waals surface area contributed by atoms with Crippen molar-refractivity contribution in [1.29, 1.82) is 0 Å². The van der Waals surface area contributed by atoms with Crippen molar-refractivity contribution in [3.8, 4) is 5.75 Å². The Morgan fingerprint density at radius 1 is 0.968 bits per heavy atom. The van der Waals surface area contributed by atoms with E-state index in [2.05, 4.69) is 31.3 Å². The van der Waals surface area contributed by atoms with Gasteiger partial charge in [-0.1, -0.05) is 51.0 Å². The standard InChI is InChI=1S/C26H34N2O3/c1-18(2)21-14-13-19(3)17-24(21)31-20(4)25(29)27-23-12-8-7-11-22(23)26(30)28-15-9-5-6-10-16-28/h7-8,11-14,17-18,20H,5-6,9-10,15-16H2,1-4H3,(H,27,29). The molecule has 5 nitrogen and oxygen atoms in total. The smallest absolute Gasteiger partial charge is 0.265 e. The molecule has 0 aliphatic carbocycles. The average molecular weight is 423 g/mol. The zero-order valence-electron chi connectivity index (χ0n) is 19.1. The molecule has 0 radical (unpaired) electrons.